The van der Waals surface area contributed by atoms with Crippen LogP contribution < -0.4 is 0 Å². The van der Waals surface area contributed by atoms with Gasteiger partial charge in [0.2, 0.25) is 5.13 Å². The number of ether oxygens (including phenoxy) is 1. The summed E-state index contributed by atoms with van der Waals surface area (Å²) in [4.78, 5) is 0. The van der Waals surface area contributed by atoms with Gasteiger partial charge in [0.1, 0.15) is 5.60 Å². The predicted octanol–water partition coefficient (Wildman–Crippen LogP) is 1.70. The van der Waals surface area contributed by atoms with Crippen LogP contribution in [0.15, 0.2) is 0 Å². The monoisotopic (exact) mass is 138 g/mol. The van der Waals surface area contributed by atoms with Crippen molar-refractivity contribution in [2.75, 3.05) is 7.11 Å². The summed E-state index contributed by atoms with van der Waals surface area (Å²) in [5, 5.41) is -1.60. The zero-order chi connectivity index (χ0) is 6.41. The smallest absolute Gasteiger partial charge is 0.214 e. The lowest BCUT2D eigenvalue weighted by atomic mass is 10.4. The van der Waals surface area contributed by atoms with Crippen LogP contribution in [0.4, 0.5) is 4.39 Å². The van der Waals surface area contributed by atoms with E-state index in [1.165, 1.54) is 7.11 Å². The SMILES string of the molecule is CO[C@]1(C)C[C@@]1(F)Cl. The highest BCUT2D eigenvalue weighted by atomic mass is 35.5. The van der Waals surface area contributed by atoms with Crippen LogP contribution >= 0.6 is 11.6 Å². The summed E-state index contributed by atoms with van der Waals surface area (Å²) in [7, 11) is 1.46. The topological polar surface area (TPSA) is 9.23 Å². The van der Waals surface area contributed by atoms with Crippen molar-refractivity contribution < 1.29 is 9.13 Å². The predicted molar refractivity (Wildman–Crippen MR) is 29.7 cm³/mol. The molecule has 0 unspecified atom stereocenters. The standard InChI is InChI=1S/C5H8ClFO/c1-4(8-2)3-5(4,6)7/h3H2,1-2H3/t4-,5+/m1/s1. The van der Waals surface area contributed by atoms with Crippen LogP contribution in [0.5, 0.6) is 0 Å². The largest absolute Gasteiger partial charge is 0.374 e. The number of hydrogen-bond acceptors (Lipinski definition) is 1. The maximum atomic E-state index is 12.5. The molecule has 8 heavy (non-hydrogen) atoms. The van der Waals surface area contributed by atoms with Crippen LogP contribution in [0, 0.1) is 0 Å². The normalized spacial score (nSPS) is 54.0. The molecule has 0 heterocycles. The molecule has 3 heteroatoms. The molecule has 1 saturated carbocycles. The summed E-state index contributed by atoms with van der Waals surface area (Å²) in [5.74, 6) is 0. The lowest BCUT2D eigenvalue weighted by Gasteiger charge is -2.05. The van der Waals surface area contributed by atoms with Crippen molar-refractivity contribution in [1.82, 2.24) is 0 Å². The minimum atomic E-state index is -1.60. The van der Waals surface area contributed by atoms with Crippen LogP contribution in [0.2, 0.25) is 0 Å². The van der Waals surface area contributed by atoms with Gasteiger partial charge in [0.05, 0.1) is 0 Å². The highest BCUT2D eigenvalue weighted by molar-refractivity contribution is 6.26. The van der Waals surface area contributed by atoms with E-state index >= 15 is 0 Å². The molecule has 1 aliphatic carbocycles. The van der Waals surface area contributed by atoms with Crippen molar-refractivity contribution in [2.24, 2.45) is 0 Å². The van der Waals surface area contributed by atoms with E-state index in [0.29, 0.717) is 6.42 Å². The van der Waals surface area contributed by atoms with Crippen molar-refractivity contribution in [1.29, 1.82) is 0 Å². The van der Waals surface area contributed by atoms with Gasteiger partial charge in [-0.25, -0.2) is 4.39 Å². The molecule has 1 aliphatic rings. The van der Waals surface area contributed by atoms with Gasteiger partial charge in [0.25, 0.3) is 0 Å². The van der Waals surface area contributed by atoms with E-state index < -0.39 is 10.7 Å². The first-order valence-corrected chi connectivity index (χ1v) is 2.83. The Morgan fingerprint density at radius 2 is 2.12 bits per heavy atom. The van der Waals surface area contributed by atoms with Gasteiger partial charge in [-0.15, -0.1) is 0 Å². The molecular weight excluding hydrogens is 131 g/mol. The lowest BCUT2D eigenvalue weighted by Crippen LogP contribution is -2.14. The van der Waals surface area contributed by atoms with E-state index in [2.05, 4.69) is 0 Å². The van der Waals surface area contributed by atoms with Crippen LogP contribution in [0.3, 0.4) is 0 Å². The second kappa shape index (κ2) is 1.36. The molecule has 0 bridgehead atoms. The highest BCUT2D eigenvalue weighted by Gasteiger charge is 2.66. The minimum absolute atomic E-state index is 0.304. The molecule has 0 aromatic rings. The average molecular weight is 139 g/mol. The summed E-state index contributed by atoms with van der Waals surface area (Å²) in [6, 6.07) is 0. The Kier molecular flexibility index (Phi) is 1.07. The summed E-state index contributed by atoms with van der Waals surface area (Å²) in [6.07, 6.45) is 0.304. The molecule has 0 aromatic carbocycles. The Bertz CT molecular complexity index is 115. The Balaban J connectivity index is 2.55. The molecule has 1 nitrogen and oxygen atoms in total. The fourth-order valence-electron chi connectivity index (χ4n) is 0.601. The first kappa shape index (κ1) is 6.30. The number of methoxy groups -OCH3 is 1. The van der Waals surface area contributed by atoms with Crippen molar-refractivity contribution in [2.45, 2.75) is 24.1 Å². The van der Waals surface area contributed by atoms with E-state index in [1.54, 1.807) is 6.92 Å². The fourth-order valence-corrected chi connectivity index (χ4v) is 0.933. The number of halogens is 2. The van der Waals surface area contributed by atoms with E-state index in [4.69, 9.17) is 16.3 Å². The van der Waals surface area contributed by atoms with Gasteiger partial charge in [-0.1, -0.05) is 11.6 Å². The van der Waals surface area contributed by atoms with Crippen LogP contribution in [-0.2, 0) is 4.74 Å². The molecular formula is C5H8ClFO. The molecule has 0 amide bonds. The molecule has 0 saturated heterocycles. The molecule has 1 fully saturated rings. The summed E-state index contributed by atoms with van der Waals surface area (Å²) in [5.41, 5.74) is -0.714. The zero-order valence-corrected chi connectivity index (χ0v) is 5.63. The van der Waals surface area contributed by atoms with Crippen molar-refractivity contribution in [3.63, 3.8) is 0 Å². The molecule has 48 valence electrons. The lowest BCUT2D eigenvalue weighted by molar-refractivity contribution is 0.0642. The first-order valence-electron chi connectivity index (χ1n) is 2.45. The third-order valence-corrected chi connectivity index (χ3v) is 2.19. The Hall–Kier alpha value is 0.180. The van der Waals surface area contributed by atoms with Gasteiger partial charge in [0, 0.05) is 13.5 Å². The molecule has 1 rings (SSSR count). The van der Waals surface area contributed by atoms with Gasteiger partial charge in [-0.3, -0.25) is 0 Å². The second-order valence-electron chi connectivity index (χ2n) is 2.32. The quantitative estimate of drug-likeness (QED) is 0.501. The molecule has 2 atom stereocenters. The van der Waals surface area contributed by atoms with Crippen LogP contribution in [-0.4, -0.2) is 17.8 Å². The third-order valence-electron chi connectivity index (χ3n) is 1.66. The summed E-state index contributed by atoms with van der Waals surface area (Å²) in [6.45, 7) is 1.65. The Labute approximate surface area is 52.8 Å². The van der Waals surface area contributed by atoms with Gasteiger partial charge < -0.3 is 4.74 Å². The Morgan fingerprint density at radius 3 is 2.12 bits per heavy atom. The van der Waals surface area contributed by atoms with E-state index in [-0.39, 0.29) is 0 Å². The number of rotatable bonds is 1. The van der Waals surface area contributed by atoms with Crippen LogP contribution in [0.25, 0.3) is 0 Å². The van der Waals surface area contributed by atoms with Gasteiger partial charge in [-0.2, -0.15) is 0 Å². The molecule has 0 radical (unpaired) electrons. The van der Waals surface area contributed by atoms with E-state index in [9.17, 15) is 4.39 Å². The molecule has 0 spiro atoms. The van der Waals surface area contributed by atoms with Gasteiger partial charge in [-0.05, 0) is 6.92 Å². The van der Waals surface area contributed by atoms with Crippen molar-refractivity contribution in [3.05, 3.63) is 0 Å². The number of alkyl halides is 2. The maximum absolute atomic E-state index is 12.5. The minimum Gasteiger partial charge on any atom is -0.374 e. The van der Waals surface area contributed by atoms with Crippen molar-refractivity contribution in [3.8, 4) is 0 Å². The summed E-state index contributed by atoms with van der Waals surface area (Å²) >= 11 is 5.26. The zero-order valence-electron chi connectivity index (χ0n) is 4.87. The third kappa shape index (κ3) is 0.633. The van der Waals surface area contributed by atoms with E-state index in [1.807, 2.05) is 0 Å². The van der Waals surface area contributed by atoms with Gasteiger partial charge in [0.15, 0.2) is 0 Å². The summed E-state index contributed by atoms with van der Waals surface area (Å²) < 4.78 is 17.2. The van der Waals surface area contributed by atoms with E-state index in [0.717, 1.165) is 0 Å². The molecule has 0 N–H and O–H groups in total. The van der Waals surface area contributed by atoms with Crippen molar-refractivity contribution >= 4 is 11.6 Å². The first-order chi connectivity index (χ1) is 3.52. The van der Waals surface area contributed by atoms with Gasteiger partial charge >= 0.3 is 0 Å². The molecule has 0 aliphatic heterocycles. The molecule has 0 aromatic heterocycles. The second-order valence-corrected chi connectivity index (χ2v) is 2.92. The fraction of sp³-hybridized carbons (Fsp3) is 1.00. The number of hydrogen-bond donors (Lipinski definition) is 0. The Morgan fingerprint density at radius 1 is 1.75 bits per heavy atom. The average Bonchev–Trinajstić information content (AvgIpc) is 2.10. The maximum Gasteiger partial charge on any atom is 0.214 e. The van der Waals surface area contributed by atoms with Crippen LogP contribution in [0.1, 0.15) is 13.3 Å². The highest BCUT2D eigenvalue weighted by Crippen LogP contribution is 2.56.